The first kappa shape index (κ1) is 14.0. The highest BCUT2D eigenvalue weighted by molar-refractivity contribution is 9.10. The summed E-state index contributed by atoms with van der Waals surface area (Å²) in [5.74, 6) is 0.484. The zero-order chi connectivity index (χ0) is 13.8. The predicted molar refractivity (Wildman–Crippen MR) is 78.1 cm³/mol. The van der Waals surface area contributed by atoms with Crippen LogP contribution in [0.4, 0.5) is 4.39 Å². The van der Waals surface area contributed by atoms with E-state index in [4.69, 9.17) is 10.5 Å². The Morgan fingerprint density at radius 2 is 2.00 bits per heavy atom. The van der Waals surface area contributed by atoms with Crippen molar-refractivity contribution in [2.24, 2.45) is 5.73 Å². The normalized spacial score (nSPS) is 10.5. The number of hydrogen-bond donors (Lipinski definition) is 1. The van der Waals surface area contributed by atoms with Crippen LogP contribution in [0.5, 0.6) is 11.5 Å². The van der Waals surface area contributed by atoms with Crippen molar-refractivity contribution in [3.8, 4) is 11.5 Å². The van der Waals surface area contributed by atoms with Crippen LogP contribution < -0.4 is 10.5 Å². The number of aryl methyl sites for hydroxylation is 1. The molecule has 4 heteroatoms. The van der Waals surface area contributed by atoms with Crippen molar-refractivity contribution in [2.45, 2.75) is 13.3 Å². The molecule has 2 nitrogen and oxygen atoms in total. The summed E-state index contributed by atoms with van der Waals surface area (Å²) >= 11 is 3.43. The Balaban J connectivity index is 2.26. The van der Waals surface area contributed by atoms with Crippen LogP contribution in [0.3, 0.4) is 0 Å². The van der Waals surface area contributed by atoms with Gasteiger partial charge in [0.15, 0.2) is 11.6 Å². The lowest BCUT2D eigenvalue weighted by Gasteiger charge is -2.10. The van der Waals surface area contributed by atoms with Gasteiger partial charge in [-0.3, -0.25) is 0 Å². The van der Waals surface area contributed by atoms with E-state index >= 15 is 0 Å². The molecule has 2 aromatic rings. The van der Waals surface area contributed by atoms with Crippen LogP contribution in [-0.2, 0) is 6.42 Å². The van der Waals surface area contributed by atoms with Gasteiger partial charge in [0.1, 0.15) is 5.75 Å². The van der Waals surface area contributed by atoms with Crippen molar-refractivity contribution in [1.82, 2.24) is 0 Å². The molecular weight excluding hydrogens is 309 g/mol. The fourth-order valence-corrected chi connectivity index (χ4v) is 2.27. The number of rotatable bonds is 4. The first-order valence-electron chi connectivity index (χ1n) is 6.03. The Kier molecular flexibility index (Phi) is 4.56. The van der Waals surface area contributed by atoms with Crippen molar-refractivity contribution in [1.29, 1.82) is 0 Å². The topological polar surface area (TPSA) is 35.2 Å². The lowest BCUT2D eigenvalue weighted by molar-refractivity contribution is 0.437. The molecule has 0 aliphatic carbocycles. The molecule has 0 radical (unpaired) electrons. The van der Waals surface area contributed by atoms with Gasteiger partial charge in [-0.25, -0.2) is 4.39 Å². The number of halogens is 2. The zero-order valence-corrected chi connectivity index (χ0v) is 12.2. The van der Waals surface area contributed by atoms with Gasteiger partial charge < -0.3 is 10.5 Å². The molecule has 0 saturated carbocycles. The van der Waals surface area contributed by atoms with E-state index in [-0.39, 0.29) is 11.6 Å². The van der Waals surface area contributed by atoms with Crippen LogP contribution in [0.2, 0.25) is 0 Å². The Hall–Kier alpha value is -1.39. The summed E-state index contributed by atoms with van der Waals surface area (Å²) in [5, 5.41) is 0. The van der Waals surface area contributed by atoms with Gasteiger partial charge in [-0.2, -0.15) is 0 Å². The fourth-order valence-electron chi connectivity index (χ4n) is 1.77. The Morgan fingerprint density at radius 1 is 1.21 bits per heavy atom. The summed E-state index contributed by atoms with van der Waals surface area (Å²) in [6, 6.07) is 10.8. The van der Waals surface area contributed by atoms with E-state index in [2.05, 4.69) is 15.9 Å². The van der Waals surface area contributed by atoms with E-state index in [0.717, 1.165) is 16.5 Å². The minimum atomic E-state index is -0.333. The zero-order valence-electron chi connectivity index (χ0n) is 10.6. The Morgan fingerprint density at radius 3 is 2.68 bits per heavy atom. The van der Waals surface area contributed by atoms with Crippen LogP contribution in [0.15, 0.2) is 40.9 Å². The number of benzene rings is 2. The molecule has 0 atom stereocenters. The third-order valence-corrected chi connectivity index (χ3v) is 3.43. The standard InChI is InChI=1S/C15H15BrFNO/c1-10-3-2-4-14(15(10)17)19-13-6-5-11(7-8-18)9-12(13)16/h2-6,9H,7-8,18H2,1H3. The molecule has 0 saturated heterocycles. The van der Waals surface area contributed by atoms with Crippen LogP contribution in [-0.4, -0.2) is 6.54 Å². The third-order valence-electron chi connectivity index (χ3n) is 2.81. The maximum absolute atomic E-state index is 13.9. The molecular formula is C15H15BrFNO. The summed E-state index contributed by atoms with van der Waals surface area (Å²) < 4.78 is 20.3. The molecule has 0 fully saturated rings. The Labute approximate surface area is 120 Å². The summed E-state index contributed by atoms with van der Waals surface area (Å²) in [5.41, 5.74) is 7.19. The molecule has 0 bridgehead atoms. The van der Waals surface area contributed by atoms with E-state index in [9.17, 15) is 4.39 Å². The Bertz CT molecular complexity index is 586. The van der Waals surface area contributed by atoms with Crippen molar-refractivity contribution < 1.29 is 9.13 Å². The van der Waals surface area contributed by atoms with Gasteiger partial charge in [0.05, 0.1) is 4.47 Å². The maximum atomic E-state index is 13.9. The van der Waals surface area contributed by atoms with Gasteiger partial charge >= 0.3 is 0 Å². The number of ether oxygens (including phenoxy) is 1. The van der Waals surface area contributed by atoms with Crippen molar-refractivity contribution >= 4 is 15.9 Å². The predicted octanol–water partition coefficient (Wildman–Crippen LogP) is 4.19. The first-order valence-corrected chi connectivity index (χ1v) is 6.82. The molecule has 19 heavy (non-hydrogen) atoms. The van der Waals surface area contributed by atoms with Crippen LogP contribution in [0, 0.1) is 12.7 Å². The van der Waals surface area contributed by atoms with Gasteiger partial charge in [0.25, 0.3) is 0 Å². The molecule has 0 amide bonds. The molecule has 0 aromatic heterocycles. The van der Waals surface area contributed by atoms with E-state index < -0.39 is 0 Å². The van der Waals surface area contributed by atoms with E-state index in [1.165, 1.54) is 0 Å². The quantitative estimate of drug-likeness (QED) is 0.915. The van der Waals surface area contributed by atoms with Crippen molar-refractivity contribution in [2.75, 3.05) is 6.54 Å². The van der Waals surface area contributed by atoms with E-state index in [1.54, 1.807) is 25.1 Å². The average Bonchev–Trinajstić information content (AvgIpc) is 2.38. The van der Waals surface area contributed by atoms with Gasteiger partial charge in [-0.05, 0) is 65.1 Å². The minimum Gasteiger partial charge on any atom is -0.453 e. The monoisotopic (exact) mass is 323 g/mol. The lowest BCUT2D eigenvalue weighted by atomic mass is 10.1. The SMILES string of the molecule is Cc1cccc(Oc2ccc(CCN)cc2Br)c1F. The summed E-state index contributed by atoms with van der Waals surface area (Å²) in [6.45, 7) is 2.31. The van der Waals surface area contributed by atoms with Crippen molar-refractivity contribution in [3.05, 3.63) is 57.8 Å². The molecule has 0 aliphatic rings. The molecule has 0 heterocycles. The van der Waals surface area contributed by atoms with Crippen molar-refractivity contribution in [3.63, 3.8) is 0 Å². The lowest BCUT2D eigenvalue weighted by Crippen LogP contribution is -2.02. The molecule has 2 rings (SSSR count). The van der Waals surface area contributed by atoms with Crippen LogP contribution >= 0.6 is 15.9 Å². The smallest absolute Gasteiger partial charge is 0.168 e. The highest BCUT2D eigenvalue weighted by atomic mass is 79.9. The molecule has 2 N–H and O–H groups in total. The summed E-state index contributed by atoms with van der Waals surface area (Å²) in [4.78, 5) is 0. The number of hydrogen-bond acceptors (Lipinski definition) is 2. The second-order valence-corrected chi connectivity index (χ2v) is 5.15. The van der Waals surface area contributed by atoms with Gasteiger partial charge in [-0.15, -0.1) is 0 Å². The van der Waals surface area contributed by atoms with Gasteiger partial charge in [0.2, 0.25) is 0 Å². The molecule has 0 spiro atoms. The maximum Gasteiger partial charge on any atom is 0.168 e. The summed E-state index contributed by atoms with van der Waals surface area (Å²) in [6.07, 6.45) is 0.803. The second kappa shape index (κ2) is 6.17. The van der Waals surface area contributed by atoms with Crippen LogP contribution in [0.1, 0.15) is 11.1 Å². The third kappa shape index (κ3) is 3.33. The van der Waals surface area contributed by atoms with Gasteiger partial charge in [0, 0.05) is 0 Å². The first-order chi connectivity index (χ1) is 9.11. The van der Waals surface area contributed by atoms with E-state index in [1.807, 2.05) is 18.2 Å². The number of nitrogens with two attached hydrogens (primary N) is 1. The largest absolute Gasteiger partial charge is 0.453 e. The van der Waals surface area contributed by atoms with E-state index in [0.29, 0.717) is 17.9 Å². The minimum absolute atomic E-state index is 0.229. The average molecular weight is 324 g/mol. The highest BCUT2D eigenvalue weighted by Crippen LogP contribution is 2.32. The highest BCUT2D eigenvalue weighted by Gasteiger charge is 2.09. The second-order valence-electron chi connectivity index (χ2n) is 4.29. The summed E-state index contributed by atoms with van der Waals surface area (Å²) in [7, 11) is 0. The van der Waals surface area contributed by atoms with Crippen LogP contribution in [0.25, 0.3) is 0 Å². The molecule has 0 aliphatic heterocycles. The molecule has 2 aromatic carbocycles. The molecule has 100 valence electrons. The van der Waals surface area contributed by atoms with Gasteiger partial charge in [-0.1, -0.05) is 18.2 Å². The fraction of sp³-hybridized carbons (Fsp3) is 0.200. The molecule has 0 unspecified atom stereocenters.